The first-order valence-electron chi connectivity index (χ1n) is 7.19. The maximum absolute atomic E-state index is 12.1. The predicted molar refractivity (Wildman–Crippen MR) is 96.2 cm³/mol. The molecule has 25 heavy (non-hydrogen) atoms. The third kappa shape index (κ3) is 5.27. The molecule has 0 bridgehead atoms. The summed E-state index contributed by atoms with van der Waals surface area (Å²) in [7, 11) is -7.54. The Morgan fingerprint density at radius 2 is 1.64 bits per heavy atom. The van der Waals surface area contributed by atoms with Gasteiger partial charge in [-0.2, -0.15) is 0 Å². The van der Waals surface area contributed by atoms with Crippen LogP contribution in [0.3, 0.4) is 0 Å². The van der Waals surface area contributed by atoms with Crippen molar-refractivity contribution in [2.45, 2.75) is 11.8 Å². The van der Waals surface area contributed by atoms with Crippen LogP contribution in [0, 0.1) is 6.92 Å². The summed E-state index contributed by atoms with van der Waals surface area (Å²) >= 11 is 0. The van der Waals surface area contributed by atoms with Crippen LogP contribution in [0.25, 0.3) is 6.08 Å². The second-order valence-corrected chi connectivity index (χ2v) is 8.99. The number of sulfonamides is 1. The number of benzene rings is 2. The van der Waals surface area contributed by atoms with E-state index in [1.54, 1.807) is 37.3 Å². The van der Waals surface area contributed by atoms with Crippen molar-refractivity contribution in [3.05, 3.63) is 70.6 Å². The van der Waals surface area contributed by atoms with Crippen LogP contribution in [0.4, 0.5) is 0 Å². The Morgan fingerprint density at radius 3 is 2.24 bits per heavy atom. The number of hydrogen-bond acceptors (Lipinski definition) is 5. The summed E-state index contributed by atoms with van der Waals surface area (Å²) in [5.74, 6) is -0.900. The average Bonchev–Trinajstić information content (AvgIpc) is 2.53. The fraction of sp³-hybridized carbons (Fsp3) is 0.118. The van der Waals surface area contributed by atoms with Gasteiger partial charge in [0.25, 0.3) is 15.9 Å². The molecule has 0 spiro atoms. The number of aryl methyl sites for hydroxylation is 1. The van der Waals surface area contributed by atoms with E-state index < -0.39 is 25.8 Å². The molecule has 0 aliphatic rings. The molecule has 2 rings (SSSR count). The van der Waals surface area contributed by atoms with Crippen LogP contribution in [0.15, 0.2) is 58.8 Å². The van der Waals surface area contributed by atoms with Crippen molar-refractivity contribution in [2.24, 2.45) is 0 Å². The van der Waals surface area contributed by atoms with Crippen molar-refractivity contribution in [1.29, 1.82) is 0 Å². The quantitative estimate of drug-likeness (QED) is 0.858. The summed E-state index contributed by atoms with van der Waals surface area (Å²) in [4.78, 5) is 12.1. The fourth-order valence-electron chi connectivity index (χ4n) is 2.10. The molecule has 1 N–H and O–H groups in total. The summed E-state index contributed by atoms with van der Waals surface area (Å²) in [6.45, 7) is 1.59. The maximum Gasteiger partial charge on any atom is 0.265 e. The number of carbonyl (C=O) groups excluding carboxylic acids is 1. The monoisotopic (exact) mass is 379 g/mol. The van der Waals surface area contributed by atoms with Crippen molar-refractivity contribution in [2.75, 3.05) is 6.26 Å². The zero-order chi connectivity index (χ0) is 18.7. The van der Waals surface area contributed by atoms with Crippen molar-refractivity contribution in [3.8, 4) is 0 Å². The van der Waals surface area contributed by atoms with Crippen LogP contribution in [0.2, 0.25) is 0 Å². The molecule has 0 saturated heterocycles. The van der Waals surface area contributed by atoms with E-state index in [1.165, 1.54) is 18.2 Å². The number of hydrogen-bond donors (Lipinski definition) is 1. The molecule has 2 aromatic carbocycles. The average molecular weight is 379 g/mol. The molecule has 0 unspecified atom stereocenters. The maximum atomic E-state index is 12.1. The minimum atomic E-state index is -4.02. The molecule has 2 aromatic rings. The summed E-state index contributed by atoms with van der Waals surface area (Å²) in [5.41, 5.74) is 1.09. The van der Waals surface area contributed by atoms with Gasteiger partial charge in [-0.3, -0.25) is 4.79 Å². The van der Waals surface area contributed by atoms with Gasteiger partial charge in [0, 0.05) is 11.8 Å². The van der Waals surface area contributed by atoms with Crippen LogP contribution >= 0.6 is 0 Å². The summed E-state index contributed by atoms with van der Waals surface area (Å²) in [6, 6.07) is 12.7. The fourth-order valence-corrected chi connectivity index (χ4v) is 3.87. The second-order valence-electron chi connectivity index (χ2n) is 5.44. The molecule has 132 valence electrons. The van der Waals surface area contributed by atoms with Crippen LogP contribution in [0.1, 0.15) is 21.5 Å². The van der Waals surface area contributed by atoms with Crippen LogP contribution in [-0.4, -0.2) is 29.0 Å². The van der Waals surface area contributed by atoms with E-state index in [0.29, 0.717) is 11.1 Å². The minimum Gasteiger partial charge on any atom is -0.268 e. The molecule has 0 aliphatic carbocycles. The van der Waals surface area contributed by atoms with Crippen molar-refractivity contribution in [1.82, 2.24) is 4.72 Å². The molecule has 0 heterocycles. The normalized spacial score (nSPS) is 12.2. The molecular formula is C17H17NO5S2. The zero-order valence-electron chi connectivity index (χ0n) is 13.6. The van der Waals surface area contributed by atoms with Gasteiger partial charge in [-0.25, -0.2) is 21.6 Å². The molecule has 0 radical (unpaired) electrons. The van der Waals surface area contributed by atoms with Gasteiger partial charge >= 0.3 is 0 Å². The summed E-state index contributed by atoms with van der Waals surface area (Å²) < 4.78 is 49.3. The first kappa shape index (κ1) is 18.9. The van der Waals surface area contributed by atoms with Crippen molar-refractivity contribution < 1.29 is 21.6 Å². The molecule has 1 amide bonds. The number of sulfone groups is 1. The van der Waals surface area contributed by atoms with Crippen molar-refractivity contribution >= 4 is 31.8 Å². The molecule has 0 aromatic heterocycles. The number of rotatable bonds is 5. The molecule has 0 aliphatic heterocycles. The smallest absolute Gasteiger partial charge is 0.265 e. The van der Waals surface area contributed by atoms with Crippen LogP contribution in [0.5, 0.6) is 0 Å². The van der Waals surface area contributed by atoms with E-state index in [1.807, 2.05) is 4.72 Å². The molecule has 8 heteroatoms. The summed E-state index contributed by atoms with van der Waals surface area (Å²) in [6.07, 6.45) is 2.38. The highest BCUT2D eigenvalue weighted by molar-refractivity contribution is 7.93. The Balaban J connectivity index is 2.23. The Kier molecular flexibility index (Phi) is 5.44. The van der Waals surface area contributed by atoms with Gasteiger partial charge < -0.3 is 0 Å². The largest absolute Gasteiger partial charge is 0.268 e. The minimum absolute atomic E-state index is 0.0163. The lowest BCUT2D eigenvalue weighted by Crippen LogP contribution is -2.29. The lowest BCUT2D eigenvalue weighted by molar-refractivity contribution is 0.0981. The van der Waals surface area contributed by atoms with E-state index in [-0.39, 0.29) is 10.5 Å². The third-order valence-corrected chi connectivity index (χ3v) is 5.53. The highest BCUT2D eigenvalue weighted by atomic mass is 32.2. The van der Waals surface area contributed by atoms with Gasteiger partial charge in [-0.05, 0) is 36.3 Å². The zero-order valence-corrected chi connectivity index (χ0v) is 15.3. The van der Waals surface area contributed by atoms with Gasteiger partial charge in [-0.1, -0.05) is 36.4 Å². The van der Waals surface area contributed by atoms with Crippen molar-refractivity contribution in [3.63, 3.8) is 0 Å². The molecular weight excluding hydrogens is 362 g/mol. The Hall–Kier alpha value is -2.45. The lowest BCUT2D eigenvalue weighted by Gasteiger charge is -2.07. The topological polar surface area (TPSA) is 97.4 Å². The first-order valence-corrected chi connectivity index (χ1v) is 10.6. The molecule has 0 saturated carbocycles. The van der Waals surface area contributed by atoms with E-state index in [9.17, 15) is 21.6 Å². The van der Waals surface area contributed by atoms with Gasteiger partial charge in [0.2, 0.25) is 0 Å². The number of nitrogens with one attached hydrogen (secondary N) is 1. The highest BCUT2D eigenvalue weighted by Crippen LogP contribution is 2.17. The number of amides is 1. The molecule has 6 nitrogen and oxygen atoms in total. The summed E-state index contributed by atoms with van der Waals surface area (Å²) in [5, 5.41) is 0.881. The highest BCUT2D eigenvalue weighted by Gasteiger charge is 2.17. The molecule has 0 fully saturated rings. The first-order chi connectivity index (χ1) is 11.6. The SMILES string of the molecule is Cc1ccc(C(=O)NS(=O)(=O)C=Cc2ccccc2)cc1S(C)(=O)=O. The Bertz CT molecular complexity index is 1020. The second kappa shape index (κ2) is 7.20. The standard InChI is InChI=1S/C17H17NO5S2/c1-13-8-9-15(12-16(13)24(2,20)21)17(19)18-25(22,23)11-10-14-6-4-3-5-7-14/h3-12H,1-2H3,(H,18,19). The lowest BCUT2D eigenvalue weighted by atomic mass is 10.1. The van der Waals surface area contributed by atoms with Gasteiger partial charge in [-0.15, -0.1) is 0 Å². The Labute approximate surface area is 147 Å². The van der Waals surface area contributed by atoms with Crippen LogP contribution < -0.4 is 4.72 Å². The van der Waals surface area contributed by atoms with E-state index in [4.69, 9.17) is 0 Å². The van der Waals surface area contributed by atoms with Gasteiger partial charge in [0.1, 0.15) is 0 Å². The third-order valence-electron chi connectivity index (χ3n) is 3.32. The van der Waals surface area contributed by atoms with Gasteiger partial charge in [0.15, 0.2) is 9.84 Å². The van der Waals surface area contributed by atoms with Gasteiger partial charge in [0.05, 0.1) is 10.3 Å². The Morgan fingerprint density at radius 1 is 1.00 bits per heavy atom. The molecule has 0 atom stereocenters. The number of carbonyl (C=O) groups is 1. The van der Waals surface area contributed by atoms with Crippen LogP contribution in [-0.2, 0) is 19.9 Å². The van der Waals surface area contributed by atoms with E-state index in [0.717, 1.165) is 17.7 Å². The van der Waals surface area contributed by atoms with E-state index in [2.05, 4.69) is 0 Å². The van der Waals surface area contributed by atoms with E-state index >= 15 is 0 Å². The predicted octanol–water partition coefficient (Wildman–Crippen LogP) is 2.13.